The first kappa shape index (κ1) is 24.6. The third kappa shape index (κ3) is 6.12. The van der Waals surface area contributed by atoms with Crippen LogP contribution >= 0.6 is 11.3 Å². The summed E-state index contributed by atoms with van der Waals surface area (Å²) < 4.78 is 10.9. The second-order valence-corrected chi connectivity index (χ2v) is 9.42. The molecule has 0 aliphatic carbocycles. The Bertz CT molecular complexity index is 991. The molecule has 0 unspecified atom stereocenters. The Morgan fingerprint density at radius 2 is 2.06 bits per heavy atom. The van der Waals surface area contributed by atoms with E-state index in [9.17, 15) is 9.59 Å². The van der Waals surface area contributed by atoms with Crippen LogP contribution in [0.25, 0.3) is 0 Å². The number of carbonyl (C=O) groups excluding carboxylic acids is 2. The van der Waals surface area contributed by atoms with Crippen molar-refractivity contribution in [2.75, 3.05) is 63.3 Å². The first-order chi connectivity index (χ1) is 16.6. The van der Waals surface area contributed by atoms with E-state index in [0.717, 1.165) is 69.5 Å². The van der Waals surface area contributed by atoms with Crippen molar-refractivity contribution in [3.05, 3.63) is 40.4 Å². The molecule has 4 rings (SSSR count). The van der Waals surface area contributed by atoms with Gasteiger partial charge in [0.05, 0.1) is 30.6 Å². The lowest BCUT2D eigenvalue weighted by atomic mass is 10.1. The summed E-state index contributed by atoms with van der Waals surface area (Å²) in [7, 11) is 1.72. The summed E-state index contributed by atoms with van der Waals surface area (Å²) >= 11 is 1.45. The lowest BCUT2D eigenvalue weighted by molar-refractivity contribution is 0.0342. The third-order valence-corrected chi connectivity index (χ3v) is 7.00. The zero-order valence-corrected chi connectivity index (χ0v) is 20.7. The number of methoxy groups -OCH3 is 1. The van der Waals surface area contributed by atoms with Crippen molar-refractivity contribution in [2.45, 2.75) is 32.4 Å². The van der Waals surface area contributed by atoms with Crippen LogP contribution in [0, 0.1) is 0 Å². The van der Waals surface area contributed by atoms with Crippen molar-refractivity contribution in [1.29, 1.82) is 0 Å². The molecule has 1 aromatic heterocycles. The minimum atomic E-state index is -0.324. The molecule has 2 fully saturated rings. The minimum absolute atomic E-state index is 0.192. The summed E-state index contributed by atoms with van der Waals surface area (Å²) in [6, 6.07) is 5.65. The monoisotopic (exact) mass is 487 g/mol. The summed E-state index contributed by atoms with van der Waals surface area (Å²) in [5.74, 6) is -0.516. The number of hydrogen-bond acceptors (Lipinski definition) is 8. The van der Waals surface area contributed by atoms with Gasteiger partial charge in [-0.2, -0.15) is 0 Å². The Labute approximate surface area is 204 Å². The molecule has 0 radical (unpaired) electrons. The SMILES string of the molecule is CCCNC(=O)c1cc(CN2CCOCC2)ccc1NC(=O)c1csc(N2CC[C@H](OC)C2)n1. The van der Waals surface area contributed by atoms with E-state index in [1.165, 1.54) is 11.3 Å². The van der Waals surface area contributed by atoms with Gasteiger partial charge < -0.3 is 25.0 Å². The Kier molecular flexibility index (Phi) is 8.49. The van der Waals surface area contributed by atoms with Gasteiger partial charge in [0, 0.05) is 51.8 Å². The van der Waals surface area contributed by atoms with Crippen LogP contribution in [0.3, 0.4) is 0 Å². The number of anilines is 2. The van der Waals surface area contributed by atoms with Gasteiger partial charge in [-0.1, -0.05) is 13.0 Å². The first-order valence-electron chi connectivity index (χ1n) is 11.8. The quantitative estimate of drug-likeness (QED) is 0.561. The summed E-state index contributed by atoms with van der Waals surface area (Å²) in [4.78, 5) is 34.9. The zero-order valence-electron chi connectivity index (χ0n) is 19.8. The molecule has 0 spiro atoms. The molecule has 2 aromatic rings. The fourth-order valence-corrected chi connectivity index (χ4v) is 4.98. The Balaban J connectivity index is 1.48. The molecule has 0 saturated carbocycles. The van der Waals surface area contributed by atoms with E-state index >= 15 is 0 Å². The first-order valence-corrected chi connectivity index (χ1v) is 12.7. The standard InChI is InChI=1S/C24H33N5O4S/c1-3-7-25-22(30)19-13-17(14-28-9-11-33-12-10-28)4-5-20(19)26-23(31)21-16-34-24(27-21)29-8-6-18(15-29)32-2/h4-5,13,16,18H,3,6-12,14-15H2,1-2H3,(H,25,30)(H,26,31)/t18-/m0/s1. The van der Waals surface area contributed by atoms with E-state index in [1.54, 1.807) is 12.5 Å². The highest BCUT2D eigenvalue weighted by Gasteiger charge is 2.25. The Morgan fingerprint density at radius 3 is 2.79 bits per heavy atom. The van der Waals surface area contributed by atoms with Gasteiger partial charge in [-0.05, 0) is 30.5 Å². The average molecular weight is 488 g/mol. The van der Waals surface area contributed by atoms with E-state index in [-0.39, 0.29) is 17.9 Å². The molecule has 10 heteroatoms. The maximum Gasteiger partial charge on any atom is 0.275 e. The Hall–Kier alpha value is -2.53. The molecule has 2 N–H and O–H groups in total. The van der Waals surface area contributed by atoms with Crippen molar-refractivity contribution < 1.29 is 19.1 Å². The largest absolute Gasteiger partial charge is 0.380 e. The molecule has 9 nitrogen and oxygen atoms in total. The molecule has 1 atom stereocenters. The summed E-state index contributed by atoms with van der Waals surface area (Å²) in [6.45, 7) is 8.12. The molecule has 2 saturated heterocycles. The second kappa shape index (κ2) is 11.7. The van der Waals surface area contributed by atoms with Crippen molar-refractivity contribution >= 4 is 34.0 Å². The van der Waals surface area contributed by atoms with Crippen LogP contribution in [0.5, 0.6) is 0 Å². The second-order valence-electron chi connectivity index (χ2n) is 8.59. The van der Waals surface area contributed by atoms with Crippen molar-refractivity contribution in [1.82, 2.24) is 15.2 Å². The predicted octanol–water partition coefficient (Wildman–Crippen LogP) is 2.59. The van der Waals surface area contributed by atoms with Gasteiger partial charge in [-0.25, -0.2) is 4.98 Å². The van der Waals surface area contributed by atoms with Gasteiger partial charge >= 0.3 is 0 Å². The topological polar surface area (TPSA) is 96.0 Å². The number of morpholine rings is 1. The number of carbonyl (C=O) groups is 2. The molecule has 0 bridgehead atoms. The fraction of sp³-hybridized carbons (Fsp3) is 0.542. The third-order valence-electron chi connectivity index (χ3n) is 6.10. The van der Waals surface area contributed by atoms with Gasteiger partial charge in [0.1, 0.15) is 5.69 Å². The molecule has 3 heterocycles. The van der Waals surface area contributed by atoms with Crippen molar-refractivity contribution in [3.8, 4) is 0 Å². The molecule has 184 valence electrons. The van der Waals surface area contributed by atoms with E-state index < -0.39 is 0 Å². The summed E-state index contributed by atoms with van der Waals surface area (Å²) in [6.07, 6.45) is 1.98. The van der Waals surface area contributed by atoms with E-state index in [0.29, 0.717) is 23.5 Å². The zero-order chi connectivity index (χ0) is 23.9. The highest BCUT2D eigenvalue weighted by molar-refractivity contribution is 7.14. The lowest BCUT2D eigenvalue weighted by Crippen LogP contribution is -2.35. The van der Waals surface area contributed by atoms with Crippen LogP contribution in [0.2, 0.25) is 0 Å². The fourth-order valence-electron chi connectivity index (χ4n) is 4.13. The maximum atomic E-state index is 13.0. The molecular weight excluding hydrogens is 454 g/mol. The molecule has 2 amide bonds. The molecule has 34 heavy (non-hydrogen) atoms. The smallest absolute Gasteiger partial charge is 0.275 e. The highest BCUT2D eigenvalue weighted by atomic mass is 32.1. The van der Waals surface area contributed by atoms with Crippen molar-refractivity contribution in [3.63, 3.8) is 0 Å². The normalized spacial score (nSPS) is 18.8. The molecular formula is C24H33N5O4S. The average Bonchev–Trinajstić information content (AvgIpc) is 3.54. The van der Waals surface area contributed by atoms with E-state index in [1.807, 2.05) is 25.1 Å². The van der Waals surface area contributed by atoms with E-state index in [4.69, 9.17) is 9.47 Å². The minimum Gasteiger partial charge on any atom is -0.380 e. The van der Waals surface area contributed by atoms with Gasteiger partial charge in [0.25, 0.3) is 11.8 Å². The Morgan fingerprint density at radius 1 is 1.24 bits per heavy atom. The van der Waals surface area contributed by atoms with Crippen LogP contribution in [0.4, 0.5) is 10.8 Å². The number of aromatic nitrogens is 1. The predicted molar refractivity (Wildman–Crippen MR) is 133 cm³/mol. The number of rotatable bonds is 9. The van der Waals surface area contributed by atoms with Crippen LogP contribution in [-0.2, 0) is 16.0 Å². The summed E-state index contributed by atoms with van der Waals surface area (Å²) in [5, 5.41) is 8.40. The van der Waals surface area contributed by atoms with Crippen LogP contribution in [0.15, 0.2) is 23.6 Å². The van der Waals surface area contributed by atoms with Gasteiger partial charge in [0.2, 0.25) is 0 Å². The maximum absolute atomic E-state index is 13.0. The lowest BCUT2D eigenvalue weighted by Gasteiger charge is -2.26. The molecule has 2 aliphatic rings. The number of nitrogens with zero attached hydrogens (tertiary/aromatic N) is 3. The highest BCUT2D eigenvalue weighted by Crippen LogP contribution is 2.26. The van der Waals surface area contributed by atoms with Crippen LogP contribution in [-0.4, -0.2) is 80.8 Å². The number of benzene rings is 1. The number of thiazole rings is 1. The molecule has 1 aromatic carbocycles. The van der Waals surface area contributed by atoms with Gasteiger partial charge in [-0.15, -0.1) is 11.3 Å². The van der Waals surface area contributed by atoms with Crippen LogP contribution < -0.4 is 15.5 Å². The van der Waals surface area contributed by atoms with Gasteiger partial charge in [0.15, 0.2) is 5.13 Å². The number of amides is 2. The number of hydrogen-bond donors (Lipinski definition) is 2. The van der Waals surface area contributed by atoms with E-state index in [2.05, 4.69) is 25.4 Å². The number of nitrogens with one attached hydrogen (secondary N) is 2. The van der Waals surface area contributed by atoms with Crippen LogP contribution in [0.1, 0.15) is 46.2 Å². The van der Waals surface area contributed by atoms with Crippen molar-refractivity contribution in [2.24, 2.45) is 0 Å². The van der Waals surface area contributed by atoms with Gasteiger partial charge in [-0.3, -0.25) is 14.5 Å². The molecule has 2 aliphatic heterocycles. The number of ether oxygens (including phenoxy) is 2. The summed E-state index contributed by atoms with van der Waals surface area (Å²) in [5.41, 5.74) is 2.32.